The molecule has 0 atom stereocenters. The average Bonchev–Trinajstić information content (AvgIpc) is 2.84. The van der Waals surface area contributed by atoms with Crippen LogP contribution in [0.4, 0.5) is 8.78 Å². The normalized spacial score (nSPS) is 12.7. The summed E-state index contributed by atoms with van der Waals surface area (Å²) in [6.45, 7) is 3.89. The van der Waals surface area contributed by atoms with E-state index in [4.69, 9.17) is 16.1 Å². The highest BCUT2D eigenvalue weighted by atomic mass is 35.5. The van der Waals surface area contributed by atoms with Crippen LogP contribution >= 0.6 is 11.6 Å². The number of benzene rings is 1. The number of hydrogen-bond donors (Lipinski definition) is 0. The van der Waals surface area contributed by atoms with Gasteiger partial charge in [-0.05, 0) is 12.1 Å². The van der Waals surface area contributed by atoms with Crippen molar-refractivity contribution in [1.29, 1.82) is 0 Å². The molecular formula is C15H16ClF2NO2. The summed E-state index contributed by atoms with van der Waals surface area (Å²) in [5.41, 5.74) is -0.350. The van der Waals surface area contributed by atoms with Crippen molar-refractivity contribution >= 4 is 11.6 Å². The van der Waals surface area contributed by atoms with E-state index in [1.165, 1.54) is 20.8 Å². The predicted molar refractivity (Wildman–Crippen MR) is 76.1 cm³/mol. The summed E-state index contributed by atoms with van der Waals surface area (Å²) in [5.74, 6) is 0.415. The van der Waals surface area contributed by atoms with Crippen molar-refractivity contribution in [3.05, 3.63) is 41.0 Å². The van der Waals surface area contributed by atoms with Gasteiger partial charge in [0.25, 0.3) is 0 Å². The third kappa shape index (κ3) is 3.60. The number of alkyl halides is 2. The molecule has 2 aromatic rings. The number of rotatable bonds is 4. The molecule has 21 heavy (non-hydrogen) atoms. The van der Waals surface area contributed by atoms with Crippen LogP contribution in [0.1, 0.15) is 26.5 Å². The van der Waals surface area contributed by atoms with Crippen molar-refractivity contribution in [2.24, 2.45) is 5.41 Å². The Morgan fingerprint density at radius 3 is 2.52 bits per heavy atom. The van der Waals surface area contributed by atoms with E-state index in [0.717, 1.165) is 0 Å². The highest BCUT2D eigenvalue weighted by Crippen LogP contribution is 2.37. The molecule has 0 aliphatic carbocycles. The van der Waals surface area contributed by atoms with E-state index in [1.54, 1.807) is 30.3 Å². The minimum Gasteiger partial charge on any atom is -0.356 e. The molecule has 1 heterocycles. The third-order valence-corrected chi connectivity index (χ3v) is 3.30. The fourth-order valence-corrected chi connectivity index (χ4v) is 1.78. The highest BCUT2D eigenvalue weighted by Gasteiger charge is 2.44. The molecule has 0 unspecified atom stereocenters. The number of halogens is 3. The van der Waals surface area contributed by atoms with E-state index in [2.05, 4.69) is 9.89 Å². The van der Waals surface area contributed by atoms with Gasteiger partial charge in [0.15, 0.2) is 5.76 Å². The molecule has 114 valence electrons. The zero-order valence-corrected chi connectivity index (χ0v) is 12.7. The van der Waals surface area contributed by atoms with Gasteiger partial charge in [-0.15, -0.1) is 0 Å². The van der Waals surface area contributed by atoms with Crippen molar-refractivity contribution in [3.8, 4) is 11.3 Å². The molecule has 0 aliphatic heterocycles. The molecule has 0 amide bonds. The molecule has 1 aromatic heterocycles. The Morgan fingerprint density at radius 1 is 1.24 bits per heavy atom. The van der Waals surface area contributed by atoms with E-state index in [9.17, 15) is 8.78 Å². The molecule has 0 N–H and O–H groups in total. The minimum absolute atomic E-state index is 0.286. The largest absolute Gasteiger partial charge is 0.360 e. The van der Waals surface area contributed by atoms with Crippen molar-refractivity contribution in [2.45, 2.75) is 33.5 Å². The fourth-order valence-electron chi connectivity index (χ4n) is 1.55. The van der Waals surface area contributed by atoms with Gasteiger partial charge in [0.05, 0.1) is 17.0 Å². The first-order valence-electron chi connectivity index (χ1n) is 6.43. The fraction of sp³-hybridized carbons (Fsp3) is 0.400. The van der Waals surface area contributed by atoms with Crippen LogP contribution in [-0.4, -0.2) is 11.3 Å². The lowest BCUT2D eigenvalue weighted by Gasteiger charge is -2.29. The maximum Gasteiger partial charge on any atom is 0.360 e. The van der Waals surface area contributed by atoms with Crippen molar-refractivity contribution < 1.29 is 18.0 Å². The van der Waals surface area contributed by atoms with E-state index < -0.39 is 11.5 Å². The van der Waals surface area contributed by atoms with Crippen LogP contribution in [0, 0.1) is 5.41 Å². The maximum absolute atomic E-state index is 13.7. The second-order valence-corrected chi connectivity index (χ2v) is 6.12. The topological polar surface area (TPSA) is 35.3 Å². The first-order chi connectivity index (χ1) is 9.71. The summed E-state index contributed by atoms with van der Waals surface area (Å²) in [6, 6.07) is 8.60. The number of ether oxygens (including phenoxy) is 1. The van der Waals surface area contributed by atoms with Crippen LogP contribution in [0.15, 0.2) is 34.9 Å². The van der Waals surface area contributed by atoms with Gasteiger partial charge in [-0.3, -0.25) is 0 Å². The molecule has 6 heteroatoms. The Balaban J connectivity index is 2.10. The van der Waals surface area contributed by atoms with E-state index >= 15 is 0 Å². The van der Waals surface area contributed by atoms with E-state index in [-0.39, 0.29) is 12.3 Å². The van der Waals surface area contributed by atoms with Crippen LogP contribution in [-0.2, 0) is 11.3 Å². The predicted octanol–water partition coefficient (Wildman–Crippen LogP) is 5.15. The molecule has 0 aliphatic rings. The average molecular weight is 316 g/mol. The molecule has 1 aromatic carbocycles. The first kappa shape index (κ1) is 15.9. The summed E-state index contributed by atoms with van der Waals surface area (Å²) < 4.78 is 37.2. The first-order valence-corrected chi connectivity index (χ1v) is 6.81. The Labute approximate surface area is 126 Å². The summed E-state index contributed by atoms with van der Waals surface area (Å²) in [4.78, 5) is 0. The van der Waals surface area contributed by atoms with Crippen LogP contribution < -0.4 is 0 Å². The molecule has 0 bridgehead atoms. The van der Waals surface area contributed by atoms with Gasteiger partial charge in [0, 0.05) is 11.6 Å². The molecule has 3 nitrogen and oxygen atoms in total. The minimum atomic E-state index is -3.25. The summed E-state index contributed by atoms with van der Waals surface area (Å²) >= 11 is 6.04. The molecule has 0 radical (unpaired) electrons. The van der Waals surface area contributed by atoms with Crippen LogP contribution in [0.25, 0.3) is 11.3 Å². The lowest BCUT2D eigenvalue weighted by atomic mass is 9.95. The number of hydrogen-bond acceptors (Lipinski definition) is 3. The third-order valence-electron chi connectivity index (χ3n) is 2.97. The van der Waals surface area contributed by atoms with Crippen LogP contribution in [0.2, 0.25) is 5.02 Å². The SMILES string of the molecule is CC(C)(C)C(F)(F)OCc1cc(-c2ccccc2Cl)on1. The van der Waals surface area contributed by atoms with E-state index in [1.807, 2.05) is 0 Å². The molecule has 2 rings (SSSR count). The van der Waals surface area contributed by atoms with Crippen molar-refractivity contribution in [3.63, 3.8) is 0 Å². The zero-order chi connectivity index (χ0) is 15.7. The monoisotopic (exact) mass is 315 g/mol. The van der Waals surface area contributed by atoms with Crippen LogP contribution in [0.3, 0.4) is 0 Å². The van der Waals surface area contributed by atoms with Crippen LogP contribution in [0.5, 0.6) is 0 Å². The van der Waals surface area contributed by atoms with Gasteiger partial charge in [0.2, 0.25) is 0 Å². The Kier molecular flexibility index (Phi) is 4.35. The van der Waals surface area contributed by atoms with Gasteiger partial charge in [0.1, 0.15) is 5.69 Å². The second-order valence-electron chi connectivity index (χ2n) is 5.72. The zero-order valence-electron chi connectivity index (χ0n) is 12.0. The Morgan fingerprint density at radius 2 is 1.90 bits per heavy atom. The number of nitrogens with zero attached hydrogens (tertiary/aromatic N) is 1. The summed E-state index contributed by atoms with van der Waals surface area (Å²) in [6.07, 6.45) is -3.25. The molecule has 0 saturated heterocycles. The van der Waals surface area contributed by atoms with Gasteiger partial charge in [-0.25, -0.2) is 0 Å². The highest BCUT2D eigenvalue weighted by molar-refractivity contribution is 6.33. The molecular weight excluding hydrogens is 300 g/mol. The second kappa shape index (κ2) is 5.73. The molecule has 0 fully saturated rings. The molecule has 0 spiro atoms. The summed E-state index contributed by atoms with van der Waals surface area (Å²) in [7, 11) is 0. The van der Waals surface area contributed by atoms with E-state index in [0.29, 0.717) is 16.3 Å². The lowest BCUT2D eigenvalue weighted by Crippen LogP contribution is -2.36. The standard InChI is InChI=1S/C15H16ClF2NO2/c1-14(2,3)15(17,18)20-9-10-8-13(21-19-10)11-6-4-5-7-12(11)16/h4-8H,9H2,1-3H3. The van der Waals surface area contributed by atoms with Gasteiger partial charge >= 0.3 is 6.11 Å². The number of aromatic nitrogens is 1. The van der Waals surface area contributed by atoms with Gasteiger partial charge < -0.3 is 9.26 Å². The maximum atomic E-state index is 13.7. The summed E-state index contributed by atoms with van der Waals surface area (Å²) in [5, 5.41) is 4.23. The van der Waals surface area contributed by atoms with Gasteiger partial charge in [-0.2, -0.15) is 8.78 Å². The molecule has 0 saturated carbocycles. The van der Waals surface area contributed by atoms with Crippen molar-refractivity contribution in [2.75, 3.05) is 0 Å². The quantitative estimate of drug-likeness (QED) is 0.782. The Hall–Kier alpha value is -1.46. The van der Waals surface area contributed by atoms with Crippen molar-refractivity contribution in [1.82, 2.24) is 5.16 Å². The Bertz CT molecular complexity index is 620. The lowest BCUT2D eigenvalue weighted by molar-refractivity contribution is -0.301. The van der Waals surface area contributed by atoms with Gasteiger partial charge in [-0.1, -0.05) is 49.7 Å². The smallest absolute Gasteiger partial charge is 0.356 e.